The van der Waals surface area contributed by atoms with Gasteiger partial charge in [0, 0.05) is 32.1 Å². The highest BCUT2D eigenvalue weighted by Crippen LogP contribution is 2.33. The van der Waals surface area contributed by atoms with Crippen LogP contribution in [0.4, 0.5) is 5.69 Å². The summed E-state index contributed by atoms with van der Waals surface area (Å²) < 4.78 is 25.8. The summed E-state index contributed by atoms with van der Waals surface area (Å²) in [7, 11) is -1.76. The van der Waals surface area contributed by atoms with Crippen molar-refractivity contribution in [2.24, 2.45) is 0 Å². The van der Waals surface area contributed by atoms with E-state index in [4.69, 9.17) is 11.6 Å². The Bertz CT molecular complexity index is 1170. The van der Waals surface area contributed by atoms with Gasteiger partial charge in [-0.3, -0.25) is 9.80 Å². The molecule has 0 saturated heterocycles. The van der Waals surface area contributed by atoms with E-state index in [1.165, 1.54) is 15.7 Å². The highest BCUT2D eigenvalue weighted by molar-refractivity contribution is 7.90. The first-order chi connectivity index (χ1) is 12.8. The van der Waals surface area contributed by atoms with Crippen molar-refractivity contribution in [1.82, 2.24) is 19.6 Å². The molecule has 0 atom stereocenters. The van der Waals surface area contributed by atoms with Gasteiger partial charge in [-0.1, -0.05) is 23.7 Å². The summed E-state index contributed by atoms with van der Waals surface area (Å²) in [6.45, 7) is 0.414. The number of aromatic nitrogens is 3. The Morgan fingerprint density at radius 2 is 2.07 bits per heavy atom. The lowest BCUT2D eigenvalue weighted by atomic mass is 10.1. The summed E-state index contributed by atoms with van der Waals surface area (Å²) in [5.41, 5.74) is 2.11. The molecule has 10 heteroatoms. The molecule has 0 bridgehead atoms. The number of benzene rings is 1. The minimum absolute atomic E-state index is 0.198. The number of fused-ring (bicyclic) bond motifs is 2. The van der Waals surface area contributed by atoms with Crippen molar-refractivity contribution in [2.75, 3.05) is 24.9 Å². The fourth-order valence-corrected chi connectivity index (χ4v) is 4.34. The molecule has 1 aliphatic rings. The highest BCUT2D eigenvalue weighted by atomic mass is 35.5. The van der Waals surface area contributed by atoms with Crippen molar-refractivity contribution in [3.63, 3.8) is 0 Å². The number of hydrazine groups is 1. The van der Waals surface area contributed by atoms with E-state index in [0.717, 1.165) is 11.8 Å². The standard InChI is InChI=1S/C17H16ClN5O3S/c1-21-16-11(4-3-5-14(16)27(2,25)26)6-7-23(21)17(24)13-8-15-19-9-12(18)10-22(15)20-13/h3-5,8-10H,6-7H2,1-2H3. The normalized spacial score (nSPS) is 14.5. The van der Waals surface area contributed by atoms with Crippen molar-refractivity contribution < 1.29 is 13.2 Å². The molecule has 2 aromatic heterocycles. The average molecular weight is 406 g/mol. The van der Waals surface area contributed by atoms with Crippen LogP contribution >= 0.6 is 11.6 Å². The SMILES string of the molecule is CN1c2c(cccc2S(C)(=O)=O)CCN1C(=O)c1cc2ncc(Cl)cn2n1. The molecule has 3 aromatic rings. The molecular formula is C17H16ClN5O3S. The fraction of sp³-hybridized carbons (Fsp3) is 0.235. The summed E-state index contributed by atoms with van der Waals surface area (Å²) in [5, 5.41) is 7.72. The van der Waals surface area contributed by atoms with Crippen LogP contribution in [0, 0.1) is 0 Å². The van der Waals surface area contributed by atoms with Gasteiger partial charge in [0.2, 0.25) is 0 Å². The smallest absolute Gasteiger partial charge is 0.284 e. The maximum Gasteiger partial charge on any atom is 0.292 e. The average Bonchev–Trinajstić information content (AvgIpc) is 3.03. The quantitative estimate of drug-likeness (QED) is 0.646. The van der Waals surface area contributed by atoms with Gasteiger partial charge in [-0.15, -0.1) is 0 Å². The van der Waals surface area contributed by atoms with E-state index in [9.17, 15) is 13.2 Å². The molecule has 1 aliphatic heterocycles. The Balaban J connectivity index is 1.74. The second-order valence-electron chi connectivity index (χ2n) is 6.34. The van der Waals surface area contributed by atoms with Gasteiger partial charge in [0.15, 0.2) is 21.2 Å². The zero-order valence-corrected chi connectivity index (χ0v) is 16.2. The number of para-hydroxylation sites is 1. The predicted octanol–water partition coefficient (Wildman–Crippen LogP) is 1.84. The van der Waals surface area contributed by atoms with Crippen LogP contribution in [0.15, 0.2) is 41.6 Å². The van der Waals surface area contributed by atoms with Crippen molar-refractivity contribution in [2.45, 2.75) is 11.3 Å². The van der Waals surface area contributed by atoms with Crippen molar-refractivity contribution in [1.29, 1.82) is 0 Å². The number of carbonyl (C=O) groups excluding carboxylic acids is 1. The number of halogens is 1. The van der Waals surface area contributed by atoms with Crippen molar-refractivity contribution >= 4 is 38.7 Å². The van der Waals surface area contributed by atoms with Gasteiger partial charge in [-0.2, -0.15) is 5.10 Å². The van der Waals surface area contributed by atoms with E-state index >= 15 is 0 Å². The van der Waals surface area contributed by atoms with Gasteiger partial charge in [0.1, 0.15) is 0 Å². The number of hydrogen-bond donors (Lipinski definition) is 0. The Labute approximate surface area is 160 Å². The van der Waals surface area contributed by atoms with E-state index in [-0.39, 0.29) is 16.5 Å². The summed E-state index contributed by atoms with van der Waals surface area (Å²) in [6, 6.07) is 6.72. The summed E-state index contributed by atoms with van der Waals surface area (Å²) in [5.74, 6) is -0.340. The predicted molar refractivity (Wildman–Crippen MR) is 101 cm³/mol. The van der Waals surface area contributed by atoms with Gasteiger partial charge in [-0.05, 0) is 18.1 Å². The lowest BCUT2D eigenvalue weighted by Gasteiger charge is -2.39. The van der Waals surface area contributed by atoms with Gasteiger partial charge < -0.3 is 0 Å². The van der Waals surface area contributed by atoms with Crippen LogP contribution in [0.5, 0.6) is 0 Å². The van der Waals surface area contributed by atoms with Crippen LogP contribution < -0.4 is 5.01 Å². The van der Waals surface area contributed by atoms with Crippen LogP contribution in [0.1, 0.15) is 16.1 Å². The molecule has 0 aliphatic carbocycles. The zero-order chi connectivity index (χ0) is 19.3. The monoisotopic (exact) mass is 405 g/mol. The lowest BCUT2D eigenvalue weighted by Crippen LogP contribution is -2.49. The summed E-state index contributed by atoms with van der Waals surface area (Å²) in [6.07, 6.45) is 4.76. The maximum atomic E-state index is 13.0. The maximum absolute atomic E-state index is 13.0. The number of carbonyl (C=O) groups is 1. The van der Waals surface area contributed by atoms with Gasteiger partial charge in [0.25, 0.3) is 5.91 Å². The van der Waals surface area contributed by atoms with Crippen molar-refractivity contribution in [3.8, 4) is 0 Å². The van der Waals surface area contributed by atoms with Gasteiger partial charge >= 0.3 is 0 Å². The second kappa shape index (κ2) is 6.21. The highest BCUT2D eigenvalue weighted by Gasteiger charge is 2.31. The molecule has 4 rings (SSSR count). The summed E-state index contributed by atoms with van der Waals surface area (Å²) >= 11 is 5.91. The first kappa shape index (κ1) is 17.7. The largest absolute Gasteiger partial charge is 0.292 e. The molecule has 1 aromatic carbocycles. The Morgan fingerprint density at radius 3 is 2.81 bits per heavy atom. The summed E-state index contributed by atoms with van der Waals surface area (Å²) in [4.78, 5) is 17.4. The molecule has 0 spiro atoms. The molecule has 140 valence electrons. The Hall–Kier alpha value is -2.65. The number of hydrogen-bond acceptors (Lipinski definition) is 6. The molecular weight excluding hydrogens is 390 g/mol. The third kappa shape index (κ3) is 3.02. The topological polar surface area (TPSA) is 87.9 Å². The molecule has 0 unspecified atom stereocenters. The van der Waals surface area contributed by atoms with Crippen LogP contribution in [-0.2, 0) is 16.3 Å². The molecule has 1 amide bonds. The molecule has 0 fully saturated rings. The number of sulfone groups is 1. The van der Waals surface area contributed by atoms with Crippen LogP contribution in [0.2, 0.25) is 5.02 Å². The minimum Gasteiger partial charge on any atom is -0.284 e. The molecule has 0 saturated carbocycles. The molecule has 8 nitrogen and oxygen atoms in total. The molecule has 27 heavy (non-hydrogen) atoms. The number of rotatable bonds is 2. The van der Waals surface area contributed by atoms with E-state index in [2.05, 4.69) is 10.1 Å². The first-order valence-corrected chi connectivity index (χ1v) is 10.4. The van der Waals surface area contributed by atoms with E-state index in [1.807, 2.05) is 6.07 Å². The third-order valence-corrected chi connectivity index (χ3v) is 5.82. The number of anilines is 1. The Morgan fingerprint density at radius 1 is 1.30 bits per heavy atom. The van der Waals surface area contributed by atoms with E-state index < -0.39 is 9.84 Å². The van der Waals surface area contributed by atoms with Crippen LogP contribution in [0.25, 0.3) is 5.65 Å². The minimum atomic E-state index is -3.44. The van der Waals surface area contributed by atoms with Gasteiger partial charge in [0.05, 0.1) is 21.8 Å². The van der Waals surface area contributed by atoms with Crippen molar-refractivity contribution in [3.05, 3.63) is 52.9 Å². The molecule has 0 N–H and O–H groups in total. The van der Waals surface area contributed by atoms with Crippen LogP contribution in [-0.4, -0.2) is 53.8 Å². The Kier molecular flexibility index (Phi) is 4.08. The van der Waals surface area contributed by atoms with Crippen LogP contribution in [0.3, 0.4) is 0 Å². The number of nitrogens with zero attached hydrogens (tertiary/aromatic N) is 5. The van der Waals surface area contributed by atoms with E-state index in [1.54, 1.807) is 36.5 Å². The zero-order valence-electron chi connectivity index (χ0n) is 14.6. The molecule has 0 radical (unpaired) electrons. The number of amides is 1. The lowest BCUT2D eigenvalue weighted by molar-refractivity contribution is 0.0731. The second-order valence-corrected chi connectivity index (χ2v) is 8.76. The van der Waals surface area contributed by atoms with E-state index in [0.29, 0.717) is 29.3 Å². The first-order valence-electron chi connectivity index (χ1n) is 8.14. The third-order valence-electron chi connectivity index (χ3n) is 4.50. The molecule has 3 heterocycles. The van der Waals surface area contributed by atoms with Gasteiger partial charge in [-0.25, -0.2) is 22.9 Å². The fourth-order valence-electron chi connectivity index (χ4n) is 3.26.